The van der Waals surface area contributed by atoms with Crippen molar-refractivity contribution in [1.29, 1.82) is 0 Å². The molecule has 1 amide bonds. The van der Waals surface area contributed by atoms with Gasteiger partial charge in [0, 0.05) is 31.6 Å². The summed E-state index contributed by atoms with van der Waals surface area (Å²) in [5.41, 5.74) is 1.37. The number of hydrogen-bond donors (Lipinski definition) is 2. The average Bonchev–Trinajstić information content (AvgIpc) is 3.24. The van der Waals surface area contributed by atoms with E-state index in [1.54, 1.807) is 13.2 Å². The first-order chi connectivity index (χ1) is 13.2. The molecule has 3 heterocycles. The number of benzene rings is 1. The third-order valence-electron chi connectivity index (χ3n) is 4.83. The van der Waals surface area contributed by atoms with E-state index in [4.69, 9.17) is 0 Å². The van der Waals surface area contributed by atoms with Gasteiger partial charge in [0.1, 0.15) is 17.3 Å². The maximum atomic E-state index is 12.6. The predicted molar refractivity (Wildman–Crippen MR) is 101 cm³/mol. The molecule has 1 aliphatic heterocycles. The quantitative estimate of drug-likeness (QED) is 0.738. The van der Waals surface area contributed by atoms with Gasteiger partial charge in [-0.1, -0.05) is 30.3 Å². The van der Waals surface area contributed by atoms with Gasteiger partial charge in [-0.05, 0) is 12.8 Å². The van der Waals surface area contributed by atoms with Crippen LogP contribution in [0.4, 0.5) is 5.82 Å². The van der Waals surface area contributed by atoms with Gasteiger partial charge in [-0.15, -0.1) is 0 Å². The lowest BCUT2D eigenvalue weighted by Gasteiger charge is -2.30. The molecule has 0 unspecified atom stereocenters. The van der Waals surface area contributed by atoms with Crippen LogP contribution in [0.2, 0.25) is 0 Å². The van der Waals surface area contributed by atoms with Crippen molar-refractivity contribution in [2.24, 2.45) is 0 Å². The highest BCUT2D eigenvalue weighted by atomic mass is 16.2. The Bertz CT molecular complexity index is 899. The first-order valence-corrected chi connectivity index (χ1v) is 9.01. The molecule has 0 atom stereocenters. The molecule has 0 saturated carbocycles. The number of nitrogens with one attached hydrogen (secondary N) is 2. The lowest BCUT2D eigenvalue weighted by Crippen LogP contribution is -2.38. The first kappa shape index (κ1) is 17.1. The number of piperidine rings is 1. The average molecular weight is 363 g/mol. The molecule has 8 heteroatoms. The minimum absolute atomic E-state index is 0.0776. The Balaban J connectivity index is 1.39. The first-order valence-electron chi connectivity index (χ1n) is 9.01. The number of rotatable bonds is 4. The monoisotopic (exact) mass is 363 g/mol. The number of anilines is 1. The Hall–Kier alpha value is -3.29. The minimum Gasteiger partial charge on any atom is -0.372 e. The summed E-state index contributed by atoms with van der Waals surface area (Å²) in [6, 6.07) is 9.91. The molecule has 4 rings (SSSR count). The lowest BCUT2D eigenvalue weighted by molar-refractivity contribution is 0.0704. The molecule has 0 radical (unpaired) electrons. The van der Waals surface area contributed by atoms with Gasteiger partial charge in [-0.3, -0.25) is 9.89 Å². The smallest absolute Gasteiger partial charge is 0.274 e. The summed E-state index contributed by atoms with van der Waals surface area (Å²) in [5, 5.41) is 10.3. The van der Waals surface area contributed by atoms with Crippen LogP contribution >= 0.6 is 0 Å². The summed E-state index contributed by atoms with van der Waals surface area (Å²) in [6.07, 6.45) is 4.77. The summed E-state index contributed by atoms with van der Waals surface area (Å²) in [5.74, 6) is 2.44. The van der Waals surface area contributed by atoms with Gasteiger partial charge < -0.3 is 10.2 Å². The molecule has 27 heavy (non-hydrogen) atoms. The van der Waals surface area contributed by atoms with E-state index in [1.807, 2.05) is 35.2 Å². The van der Waals surface area contributed by atoms with Crippen LogP contribution in [0, 0.1) is 0 Å². The Kier molecular flexibility index (Phi) is 4.78. The fourth-order valence-corrected chi connectivity index (χ4v) is 3.26. The van der Waals surface area contributed by atoms with Gasteiger partial charge in [0.25, 0.3) is 5.91 Å². The van der Waals surface area contributed by atoms with Gasteiger partial charge in [0.2, 0.25) is 0 Å². The molecular formula is C19H21N7O. The van der Waals surface area contributed by atoms with E-state index in [0.29, 0.717) is 30.4 Å². The van der Waals surface area contributed by atoms with E-state index in [2.05, 4.69) is 30.5 Å². The van der Waals surface area contributed by atoms with Crippen LogP contribution in [0.25, 0.3) is 11.4 Å². The number of nitrogens with zero attached hydrogens (tertiary/aromatic N) is 5. The third-order valence-corrected chi connectivity index (χ3v) is 4.83. The molecule has 2 aromatic heterocycles. The van der Waals surface area contributed by atoms with Crippen molar-refractivity contribution >= 4 is 11.7 Å². The zero-order valence-corrected chi connectivity index (χ0v) is 15.1. The standard InChI is InChI=1S/C19H21N7O/c1-20-16-12-21-15(11-22-16)19(27)26-9-7-14(8-10-26)18-23-17(24-25-18)13-5-3-2-4-6-13/h2-6,11-12,14H,7-10H2,1H3,(H,20,22)(H,23,24,25). The zero-order chi connectivity index (χ0) is 18.6. The number of hydrogen-bond acceptors (Lipinski definition) is 6. The van der Waals surface area contributed by atoms with E-state index in [0.717, 1.165) is 24.2 Å². The summed E-state index contributed by atoms with van der Waals surface area (Å²) >= 11 is 0. The van der Waals surface area contributed by atoms with Crippen molar-refractivity contribution in [3.8, 4) is 11.4 Å². The van der Waals surface area contributed by atoms with Crippen molar-refractivity contribution in [3.63, 3.8) is 0 Å². The molecule has 1 saturated heterocycles. The number of aromatic amines is 1. The van der Waals surface area contributed by atoms with E-state index in [9.17, 15) is 4.79 Å². The van der Waals surface area contributed by atoms with Crippen LogP contribution in [0.3, 0.4) is 0 Å². The van der Waals surface area contributed by atoms with Crippen molar-refractivity contribution in [1.82, 2.24) is 30.0 Å². The maximum absolute atomic E-state index is 12.6. The second-order valence-corrected chi connectivity index (χ2v) is 6.51. The molecule has 138 valence electrons. The SMILES string of the molecule is CNc1cnc(C(=O)N2CCC(c3nc(-c4ccccc4)n[nH]3)CC2)cn1. The third kappa shape index (κ3) is 3.64. The summed E-state index contributed by atoms with van der Waals surface area (Å²) in [7, 11) is 1.77. The van der Waals surface area contributed by atoms with Gasteiger partial charge >= 0.3 is 0 Å². The molecule has 0 aliphatic carbocycles. The van der Waals surface area contributed by atoms with E-state index < -0.39 is 0 Å². The number of aromatic nitrogens is 5. The summed E-state index contributed by atoms with van der Waals surface area (Å²) in [6.45, 7) is 1.33. The Morgan fingerprint density at radius 3 is 2.59 bits per heavy atom. The maximum Gasteiger partial charge on any atom is 0.274 e. The van der Waals surface area contributed by atoms with E-state index >= 15 is 0 Å². The molecule has 0 spiro atoms. The Morgan fingerprint density at radius 1 is 1.15 bits per heavy atom. The van der Waals surface area contributed by atoms with Gasteiger partial charge in [0.15, 0.2) is 5.82 Å². The van der Waals surface area contributed by atoms with Gasteiger partial charge in [-0.2, -0.15) is 5.10 Å². The molecule has 1 aliphatic rings. The van der Waals surface area contributed by atoms with Crippen molar-refractivity contribution < 1.29 is 4.79 Å². The van der Waals surface area contributed by atoms with Crippen LogP contribution in [0.1, 0.15) is 35.1 Å². The highest BCUT2D eigenvalue weighted by molar-refractivity contribution is 5.92. The van der Waals surface area contributed by atoms with Crippen LogP contribution in [0.15, 0.2) is 42.7 Å². The lowest BCUT2D eigenvalue weighted by atomic mass is 9.96. The number of H-pyrrole nitrogens is 1. The van der Waals surface area contributed by atoms with Crippen molar-refractivity contribution in [3.05, 3.63) is 54.2 Å². The fraction of sp³-hybridized carbons (Fsp3) is 0.316. The van der Waals surface area contributed by atoms with E-state index in [-0.39, 0.29) is 11.8 Å². The van der Waals surface area contributed by atoms with Crippen LogP contribution in [-0.4, -0.2) is 56.1 Å². The molecule has 2 N–H and O–H groups in total. The number of carbonyl (C=O) groups excluding carboxylic acids is 1. The van der Waals surface area contributed by atoms with Crippen molar-refractivity contribution in [2.45, 2.75) is 18.8 Å². The molecule has 3 aromatic rings. The second-order valence-electron chi connectivity index (χ2n) is 6.51. The molecule has 1 fully saturated rings. The van der Waals surface area contributed by atoms with Crippen LogP contribution < -0.4 is 5.32 Å². The Labute approximate surface area is 157 Å². The van der Waals surface area contributed by atoms with Gasteiger partial charge in [-0.25, -0.2) is 15.0 Å². The van der Waals surface area contributed by atoms with Crippen LogP contribution in [-0.2, 0) is 0 Å². The molecule has 1 aromatic carbocycles. The number of likely N-dealkylation sites (tertiary alicyclic amines) is 1. The topological polar surface area (TPSA) is 99.7 Å². The van der Waals surface area contributed by atoms with Crippen LogP contribution in [0.5, 0.6) is 0 Å². The highest BCUT2D eigenvalue weighted by Crippen LogP contribution is 2.27. The number of amides is 1. The summed E-state index contributed by atoms with van der Waals surface area (Å²) in [4.78, 5) is 27.4. The molecule has 8 nitrogen and oxygen atoms in total. The predicted octanol–water partition coefficient (Wildman–Crippen LogP) is 2.32. The largest absolute Gasteiger partial charge is 0.372 e. The molecule has 0 bridgehead atoms. The normalized spacial score (nSPS) is 14.9. The van der Waals surface area contributed by atoms with Gasteiger partial charge in [0.05, 0.1) is 12.4 Å². The van der Waals surface area contributed by atoms with E-state index in [1.165, 1.54) is 6.20 Å². The summed E-state index contributed by atoms with van der Waals surface area (Å²) < 4.78 is 0. The highest BCUT2D eigenvalue weighted by Gasteiger charge is 2.27. The zero-order valence-electron chi connectivity index (χ0n) is 15.1. The minimum atomic E-state index is -0.0776. The van der Waals surface area contributed by atoms with Crippen molar-refractivity contribution in [2.75, 3.05) is 25.5 Å². The second kappa shape index (κ2) is 7.53. The molecular weight excluding hydrogens is 342 g/mol. The fourth-order valence-electron chi connectivity index (χ4n) is 3.26. The Morgan fingerprint density at radius 2 is 1.93 bits per heavy atom. The number of carbonyl (C=O) groups is 1.